The van der Waals surface area contributed by atoms with Crippen molar-refractivity contribution in [2.45, 2.75) is 63.5 Å². The van der Waals surface area contributed by atoms with E-state index in [-0.39, 0.29) is 24.2 Å². The Bertz CT molecular complexity index is 1620. The second kappa shape index (κ2) is 6.99. The fourth-order valence-electron chi connectivity index (χ4n) is 8.26. The molecule has 36 heavy (non-hydrogen) atoms. The fraction of sp³-hybridized carbons (Fsp3) is 0.387. The number of benzene rings is 3. The van der Waals surface area contributed by atoms with Gasteiger partial charge in [0, 0.05) is 30.3 Å². The van der Waals surface area contributed by atoms with Crippen LogP contribution >= 0.6 is 0 Å². The number of carbonyl (C=O) groups is 1. The third-order valence-corrected chi connectivity index (χ3v) is 9.66. The molecule has 1 aliphatic carbocycles. The van der Waals surface area contributed by atoms with Gasteiger partial charge < -0.3 is 19.4 Å². The number of hydrogen-bond acceptors (Lipinski definition) is 3. The van der Waals surface area contributed by atoms with Gasteiger partial charge in [0.05, 0.1) is 22.7 Å². The van der Waals surface area contributed by atoms with Gasteiger partial charge in [0.25, 0.3) is 5.91 Å². The molecule has 1 unspecified atom stereocenters. The number of para-hydroxylation sites is 1. The summed E-state index contributed by atoms with van der Waals surface area (Å²) in [6.45, 7) is 5.14. The average Bonchev–Trinajstić information content (AvgIpc) is 3.45. The lowest BCUT2D eigenvalue weighted by molar-refractivity contribution is -0.242. The van der Waals surface area contributed by atoms with Crippen LogP contribution in [-0.4, -0.2) is 29.3 Å². The van der Waals surface area contributed by atoms with Crippen molar-refractivity contribution in [1.82, 2.24) is 9.88 Å². The van der Waals surface area contributed by atoms with Crippen LogP contribution in [0.5, 0.6) is 0 Å². The van der Waals surface area contributed by atoms with E-state index in [0.29, 0.717) is 12.5 Å². The number of hydrogen-bond donors (Lipinski definition) is 1. The fourth-order valence-corrected chi connectivity index (χ4v) is 8.26. The molecule has 1 fully saturated rings. The van der Waals surface area contributed by atoms with E-state index in [4.69, 9.17) is 9.47 Å². The Morgan fingerprint density at radius 2 is 1.92 bits per heavy atom. The SMILES string of the molecule is CC[C@@H]1C[C@H]2O[C@](C)(C3Cc4c(c5c(c6c7ccccc7n2c46)C(=O)NC5)-c2ccccc23)[C@@H]1OC. The van der Waals surface area contributed by atoms with Crippen LogP contribution in [-0.2, 0) is 22.4 Å². The van der Waals surface area contributed by atoms with Crippen molar-refractivity contribution in [3.8, 4) is 11.1 Å². The first-order valence-corrected chi connectivity index (χ1v) is 13.2. The highest BCUT2D eigenvalue weighted by molar-refractivity contribution is 6.22. The number of nitrogens with one attached hydrogen (secondary N) is 1. The number of methoxy groups -OCH3 is 1. The van der Waals surface area contributed by atoms with E-state index in [9.17, 15) is 4.79 Å². The van der Waals surface area contributed by atoms with Gasteiger partial charge in [-0.15, -0.1) is 0 Å². The maximum absolute atomic E-state index is 13.4. The summed E-state index contributed by atoms with van der Waals surface area (Å²) >= 11 is 0. The zero-order chi connectivity index (χ0) is 24.3. The summed E-state index contributed by atoms with van der Waals surface area (Å²) < 4.78 is 16.0. The highest BCUT2D eigenvalue weighted by Gasteiger charge is 2.55. The first-order chi connectivity index (χ1) is 17.6. The van der Waals surface area contributed by atoms with Crippen molar-refractivity contribution >= 4 is 27.7 Å². The quantitative estimate of drug-likeness (QED) is 0.380. The van der Waals surface area contributed by atoms with Crippen LogP contribution in [0, 0.1) is 5.92 Å². The predicted molar refractivity (Wildman–Crippen MR) is 140 cm³/mol. The molecule has 0 saturated carbocycles. The van der Waals surface area contributed by atoms with E-state index < -0.39 is 5.60 Å². The Labute approximate surface area is 210 Å². The third kappa shape index (κ3) is 2.32. The lowest BCUT2D eigenvalue weighted by Crippen LogP contribution is -2.58. The van der Waals surface area contributed by atoms with Crippen molar-refractivity contribution in [1.29, 1.82) is 0 Å². The number of amides is 1. The van der Waals surface area contributed by atoms with Gasteiger partial charge in [0.15, 0.2) is 0 Å². The van der Waals surface area contributed by atoms with Crippen LogP contribution in [0.4, 0.5) is 0 Å². The van der Waals surface area contributed by atoms with Crippen LogP contribution in [0.2, 0.25) is 0 Å². The van der Waals surface area contributed by atoms with Gasteiger partial charge in [-0.2, -0.15) is 0 Å². The molecule has 1 aromatic heterocycles. The first kappa shape index (κ1) is 21.0. The van der Waals surface area contributed by atoms with Crippen LogP contribution in [0.1, 0.15) is 65.9 Å². The minimum Gasteiger partial charge on any atom is -0.378 e. The molecular weight excluding hydrogens is 448 g/mol. The Kier molecular flexibility index (Phi) is 4.07. The smallest absolute Gasteiger partial charge is 0.252 e. The van der Waals surface area contributed by atoms with Crippen LogP contribution in [0.15, 0.2) is 48.5 Å². The van der Waals surface area contributed by atoms with E-state index in [0.717, 1.165) is 46.7 Å². The Morgan fingerprint density at radius 1 is 1.11 bits per heavy atom. The molecule has 182 valence electrons. The lowest BCUT2D eigenvalue weighted by Gasteiger charge is -2.54. The monoisotopic (exact) mass is 478 g/mol. The summed E-state index contributed by atoms with van der Waals surface area (Å²) in [6, 6.07) is 17.3. The van der Waals surface area contributed by atoms with Crippen molar-refractivity contribution in [2.75, 3.05) is 7.11 Å². The predicted octanol–water partition coefficient (Wildman–Crippen LogP) is 6.08. The number of aromatic nitrogens is 1. The minimum atomic E-state index is -0.478. The molecule has 5 nitrogen and oxygen atoms in total. The molecule has 1 amide bonds. The Hall–Kier alpha value is -3.15. The molecule has 4 heterocycles. The lowest BCUT2D eigenvalue weighted by atomic mass is 9.64. The largest absolute Gasteiger partial charge is 0.378 e. The first-order valence-electron chi connectivity index (χ1n) is 13.2. The molecular formula is C31H30N2O3. The maximum atomic E-state index is 13.4. The highest BCUT2D eigenvalue weighted by atomic mass is 16.6. The summed E-state index contributed by atoms with van der Waals surface area (Å²) in [5.41, 5.74) is 9.06. The average molecular weight is 479 g/mol. The maximum Gasteiger partial charge on any atom is 0.252 e. The summed E-state index contributed by atoms with van der Waals surface area (Å²) in [4.78, 5) is 13.4. The van der Waals surface area contributed by atoms with Crippen molar-refractivity contribution in [3.63, 3.8) is 0 Å². The Balaban J connectivity index is 1.61. The van der Waals surface area contributed by atoms with Crippen molar-refractivity contribution < 1.29 is 14.3 Å². The van der Waals surface area contributed by atoms with Gasteiger partial charge in [0.1, 0.15) is 11.8 Å². The molecule has 8 rings (SSSR count). The van der Waals surface area contributed by atoms with Crippen LogP contribution < -0.4 is 5.32 Å². The van der Waals surface area contributed by atoms with Gasteiger partial charge in [0.2, 0.25) is 0 Å². The van der Waals surface area contributed by atoms with Gasteiger partial charge in [-0.1, -0.05) is 55.8 Å². The van der Waals surface area contributed by atoms with Crippen molar-refractivity contribution in [2.24, 2.45) is 5.92 Å². The molecule has 0 spiro atoms. The molecule has 1 saturated heterocycles. The molecule has 4 bridgehead atoms. The minimum absolute atomic E-state index is 0.00916. The van der Waals surface area contributed by atoms with E-state index in [1.54, 1.807) is 0 Å². The summed E-state index contributed by atoms with van der Waals surface area (Å²) in [7, 11) is 1.85. The van der Waals surface area contributed by atoms with Gasteiger partial charge >= 0.3 is 0 Å². The van der Waals surface area contributed by atoms with Crippen LogP contribution in [0.25, 0.3) is 32.9 Å². The molecule has 5 heteroatoms. The van der Waals surface area contributed by atoms with E-state index >= 15 is 0 Å². The summed E-state index contributed by atoms with van der Waals surface area (Å²) in [6.07, 6.45) is 2.70. The normalized spacial score (nSPS) is 29.7. The number of carbonyl (C=O) groups excluding carboxylic acids is 1. The molecule has 5 atom stereocenters. The summed E-state index contributed by atoms with van der Waals surface area (Å²) in [5, 5.41) is 5.41. The topological polar surface area (TPSA) is 52.5 Å². The molecule has 4 aliphatic rings. The Morgan fingerprint density at radius 3 is 2.75 bits per heavy atom. The van der Waals surface area contributed by atoms with Gasteiger partial charge in [-0.25, -0.2) is 0 Å². The second-order valence-electron chi connectivity index (χ2n) is 11.2. The number of ether oxygens (including phenoxy) is 2. The molecule has 0 radical (unpaired) electrons. The number of fused-ring (bicyclic) bond motifs is 14. The third-order valence-electron chi connectivity index (χ3n) is 9.66. The zero-order valence-electron chi connectivity index (χ0n) is 20.9. The number of nitrogens with zero attached hydrogens (tertiary/aromatic N) is 1. The van der Waals surface area contributed by atoms with E-state index in [1.807, 2.05) is 7.11 Å². The summed E-state index contributed by atoms with van der Waals surface area (Å²) in [5.74, 6) is 0.585. The van der Waals surface area contributed by atoms with Crippen LogP contribution in [0.3, 0.4) is 0 Å². The van der Waals surface area contributed by atoms with E-state index in [2.05, 4.69) is 72.3 Å². The van der Waals surface area contributed by atoms with Gasteiger partial charge in [-0.3, -0.25) is 4.79 Å². The number of rotatable bonds is 2. The second-order valence-corrected chi connectivity index (χ2v) is 11.2. The molecule has 3 aliphatic heterocycles. The molecule has 1 N–H and O–H groups in total. The van der Waals surface area contributed by atoms with Crippen molar-refractivity contribution in [3.05, 3.63) is 70.8 Å². The zero-order valence-corrected chi connectivity index (χ0v) is 20.9. The molecule has 3 aromatic carbocycles. The highest BCUT2D eigenvalue weighted by Crippen LogP contribution is 2.58. The molecule has 4 aromatic rings. The van der Waals surface area contributed by atoms with E-state index in [1.165, 1.54) is 27.8 Å². The standard InChI is InChI=1S/C31H30N2O3/c1-4-16-13-24-33-23-12-8-7-11-19(23)26-27-21(15-32-30(27)34)25-18-10-6-5-9-17(18)22(14-20(25)28(26)33)31(2,36-24)29(16)35-3/h5-12,16,22,24,29H,4,13-15H2,1-3H3,(H,32,34)/t16-,22?,24-,29-,31-/m1/s1. The van der Waals surface area contributed by atoms with Gasteiger partial charge in [-0.05, 0) is 59.6 Å².